The van der Waals surface area contributed by atoms with Crippen LogP contribution in [0, 0.1) is 0 Å². The number of aliphatic hydroxyl groups is 1. The summed E-state index contributed by atoms with van der Waals surface area (Å²) in [7, 11) is 0. The minimum Gasteiger partial charge on any atom is -0.505 e. The Labute approximate surface area is 338 Å². The van der Waals surface area contributed by atoms with Gasteiger partial charge in [-0.1, -0.05) is 11.6 Å². The van der Waals surface area contributed by atoms with Crippen molar-refractivity contribution in [2.24, 2.45) is 0 Å². The molecule has 1 atom stereocenters. The smallest absolute Gasteiger partial charge is 0.416 e. The maximum Gasteiger partial charge on any atom is 0.416 e. The molecule has 308 valence electrons. The average Bonchev–Trinajstić information content (AvgIpc) is 3.80. The molecule has 0 bridgehead atoms. The number of likely N-dealkylation sites (tertiary alicyclic amines) is 1. The maximum absolute atomic E-state index is 14.6. The van der Waals surface area contributed by atoms with Gasteiger partial charge in [-0.15, -0.1) is 5.10 Å². The van der Waals surface area contributed by atoms with E-state index in [0.717, 1.165) is 22.3 Å². The highest BCUT2D eigenvalue weighted by Gasteiger charge is 2.50. The molecule has 0 unspecified atom stereocenters. The third-order valence-electron chi connectivity index (χ3n) is 11.0. The Morgan fingerprint density at radius 3 is 2.36 bits per heavy atom. The molecule has 5 aromatic rings. The molecule has 2 aromatic carbocycles. The van der Waals surface area contributed by atoms with E-state index in [1.54, 1.807) is 24.0 Å². The number of ether oxygens (including phenoxy) is 1. The first kappa shape index (κ1) is 39.8. The number of halogens is 4. The van der Waals surface area contributed by atoms with Crippen LogP contribution in [0.15, 0.2) is 65.6 Å². The van der Waals surface area contributed by atoms with Crippen molar-refractivity contribution in [3.8, 4) is 17.1 Å². The number of rotatable bonds is 7. The van der Waals surface area contributed by atoms with Gasteiger partial charge in [0.15, 0.2) is 11.5 Å². The van der Waals surface area contributed by atoms with Crippen LogP contribution in [0.2, 0.25) is 5.02 Å². The Kier molecular flexibility index (Phi) is 10.3. The average molecular weight is 836 g/mol. The Hall–Kier alpha value is -6.05. The number of anilines is 2. The first-order valence-electron chi connectivity index (χ1n) is 18.7. The summed E-state index contributed by atoms with van der Waals surface area (Å²) in [6, 6.07) is 12.8. The van der Waals surface area contributed by atoms with E-state index in [0.29, 0.717) is 43.5 Å². The van der Waals surface area contributed by atoms with E-state index in [1.807, 2.05) is 12.1 Å². The van der Waals surface area contributed by atoms with Gasteiger partial charge in [0.2, 0.25) is 17.6 Å². The van der Waals surface area contributed by atoms with Crippen LogP contribution in [0.4, 0.5) is 24.5 Å². The molecular formula is C39H37ClF3N9O7. The van der Waals surface area contributed by atoms with Gasteiger partial charge in [0.25, 0.3) is 11.5 Å². The summed E-state index contributed by atoms with van der Waals surface area (Å²) in [5, 5.41) is 26.3. The van der Waals surface area contributed by atoms with Crippen LogP contribution in [0.5, 0.6) is 5.75 Å². The van der Waals surface area contributed by atoms with Crippen molar-refractivity contribution in [2.75, 3.05) is 56.1 Å². The predicted octanol–water partition coefficient (Wildman–Crippen LogP) is 3.83. The van der Waals surface area contributed by atoms with Crippen molar-refractivity contribution in [1.82, 2.24) is 33.9 Å². The number of carbonyl (C=O) groups excluding carboxylic acids is 3. The minimum absolute atomic E-state index is 0.0110. The lowest BCUT2D eigenvalue weighted by molar-refractivity contribution is -0.137. The number of alkyl halides is 3. The second kappa shape index (κ2) is 15.3. The molecule has 0 radical (unpaired) electrons. The van der Waals surface area contributed by atoms with Gasteiger partial charge in [-0.3, -0.25) is 19.2 Å². The van der Waals surface area contributed by atoms with Gasteiger partial charge >= 0.3 is 6.18 Å². The van der Waals surface area contributed by atoms with Crippen LogP contribution in [0.1, 0.15) is 53.2 Å². The number of pyridine rings is 1. The Balaban J connectivity index is 1.14. The number of piperazine rings is 1. The van der Waals surface area contributed by atoms with E-state index in [2.05, 4.69) is 20.3 Å². The predicted molar refractivity (Wildman–Crippen MR) is 206 cm³/mol. The minimum atomic E-state index is -4.65. The zero-order valence-electron chi connectivity index (χ0n) is 31.4. The molecule has 3 amide bonds. The molecule has 0 saturated carbocycles. The van der Waals surface area contributed by atoms with E-state index >= 15 is 0 Å². The summed E-state index contributed by atoms with van der Waals surface area (Å²) in [4.78, 5) is 67.6. The number of nitrogens with zero attached hydrogens (tertiary/aromatic N) is 8. The Morgan fingerprint density at radius 1 is 1.00 bits per heavy atom. The number of piperidine rings is 1. The lowest BCUT2D eigenvalue weighted by Crippen LogP contribution is -2.49. The highest BCUT2D eigenvalue weighted by Crippen LogP contribution is 2.48. The molecule has 2 saturated heterocycles. The van der Waals surface area contributed by atoms with Crippen LogP contribution < -0.4 is 15.8 Å². The van der Waals surface area contributed by atoms with Gasteiger partial charge in [-0.2, -0.15) is 22.7 Å². The van der Waals surface area contributed by atoms with Gasteiger partial charge in [-0.05, 0) is 74.4 Å². The third kappa shape index (κ3) is 7.33. The third-order valence-corrected chi connectivity index (χ3v) is 11.3. The second-order valence-electron chi connectivity index (χ2n) is 14.5. The van der Waals surface area contributed by atoms with Gasteiger partial charge in [0.05, 0.1) is 33.6 Å². The zero-order valence-corrected chi connectivity index (χ0v) is 32.2. The molecular weight excluding hydrogens is 799 g/mol. The van der Waals surface area contributed by atoms with Crippen molar-refractivity contribution < 1.29 is 42.5 Å². The first-order chi connectivity index (χ1) is 28.2. The van der Waals surface area contributed by atoms with Gasteiger partial charge in [0, 0.05) is 56.7 Å². The Morgan fingerprint density at radius 2 is 1.71 bits per heavy atom. The second-order valence-corrected chi connectivity index (χ2v) is 14.9. The van der Waals surface area contributed by atoms with Crippen molar-refractivity contribution in [3.05, 3.63) is 98.7 Å². The van der Waals surface area contributed by atoms with Crippen LogP contribution in [-0.4, -0.2) is 108 Å². The number of hydrogen-bond acceptors (Lipinski definition) is 11. The van der Waals surface area contributed by atoms with Crippen LogP contribution >= 0.6 is 11.6 Å². The van der Waals surface area contributed by atoms with Gasteiger partial charge < -0.3 is 39.5 Å². The summed E-state index contributed by atoms with van der Waals surface area (Å²) < 4.78 is 49.1. The monoisotopic (exact) mass is 835 g/mol. The van der Waals surface area contributed by atoms with Crippen molar-refractivity contribution in [3.63, 3.8) is 0 Å². The maximum atomic E-state index is 14.6. The van der Waals surface area contributed by atoms with E-state index < -0.39 is 54.0 Å². The first-order valence-corrected chi connectivity index (χ1v) is 19.1. The SMILES string of the molecule is C[C@H]1OC2(CCN(C(=O)c3ncccc3O)CC2)c2c1n(CC(=O)Nc1ccc(C(F)(F)F)cc1Cl)c1nc(-c3ccc(N4CCN(C(=O)CO)CC4)cc3)nn1c2=O. The van der Waals surface area contributed by atoms with Crippen molar-refractivity contribution >= 4 is 46.5 Å². The quantitative estimate of drug-likeness (QED) is 0.216. The molecule has 0 aliphatic carbocycles. The summed E-state index contributed by atoms with van der Waals surface area (Å²) in [5.41, 5.74) is -0.854. The Bertz CT molecular complexity index is 2530. The number of aromatic nitrogens is 5. The number of benzene rings is 2. The summed E-state index contributed by atoms with van der Waals surface area (Å²) >= 11 is 6.17. The van der Waals surface area contributed by atoms with E-state index in [1.165, 1.54) is 27.8 Å². The van der Waals surface area contributed by atoms with Crippen LogP contribution in [-0.2, 0) is 32.6 Å². The molecule has 1 spiro atoms. The summed E-state index contributed by atoms with van der Waals surface area (Å²) in [6.45, 7) is 3.04. The van der Waals surface area contributed by atoms with Gasteiger partial charge in [0.1, 0.15) is 24.5 Å². The zero-order chi connectivity index (χ0) is 41.8. The number of nitrogens with one attached hydrogen (secondary N) is 1. The topological polar surface area (TPSA) is 188 Å². The van der Waals surface area contributed by atoms with Crippen molar-refractivity contribution in [2.45, 2.75) is 44.2 Å². The van der Waals surface area contributed by atoms with E-state index in [-0.39, 0.29) is 71.2 Å². The highest BCUT2D eigenvalue weighted by molar-refractivity contribution is 6.33. The number of amides is 3. The molecule has 3 N–H and O–H groups in total. The largest absolute Gasteiger partial charge is 0.505 e. The van der Waals surface area contributed by atoms with E-state index in [4.69, 9.17) is 21.3 Å². The molecule has 2 fully saturated rings. The molecule has 59 heavy (non-hydrogen) atoms. The number of hydrogen-bond donors (Lipinski definition) is 3. The molecule has 3 aliphatic rings. The molecule has 3 aliphatic heterocycles. The molecule has 20 heteroatoms. The molecule has 8 rings (SSSR count). The van der Waals surface area contributed by atoms with Gasteiger partial charge in [-0.25, -0.2) is 4.98 Å². The molecule has 3 aromatic heterocycles. The fraction of sp³-hybridized carbons (Fsp3) is 0.359. The lowest BCUT2D eigenvalue weighted by atomic mass is 9.85. The number of fused-ring (bicyclic) bond motifs is 3. The standard InChI is InChI=1S/C39H37ClF3N9O7/c1-22-33-31(38(59-22)10-13-50(14-11-38)36(58)32-28(54)3-2-12-44-32)35(57)52-37(51(33)20-29(55)45-27-9-6-24(19-26(27)40)39(41,42)43)46-34(47-52)23-4-7-25(8-5-23)48-15-17-49(18-16-48)30(56)21-53/h2-9,12,19,22,53-54H,10-11,13-18,20-21H2,1H3,(H,45,55)/t22-/m1/s1. The molecule has 6 heterocycles. The number of aliphatic hydroxyl groups excluding tert-OH is 1. The summed E-state index contributed by atoms with van der Waals surface area (Å²) in [6.07, 6.45) is -3.63. The normalized spacial score (nSPS) is 17.7. The fourth-order valence-electron chi connectivity index (χ4n) is 8.07. The summed E-state index contributed by atoms with van der Waals surface area (Å²) in [5.74, 6) is -1.57. The van der Waals surface area contributed by atoms with Crippen molar-refractivity contribution in [1.29, 1.82) is 0 Å². The number of carbonyl (C=O) groups is 3. The fourth-order valence-corrected chi connectivity index (χ4v) is 8.29. The van der Waals surface area contributed by atoms with E-state index in [9.17, 15) is 42.6 Å². The van der Waals surface area contributed by atoms with Crippen LogP contribution in [0.3, 0.4) is 0 Å². The molecule has 16 nitrogen and oxygen atoms in total. The lowest BCUT2D eigenvalue weighted by Gasteiger charge is -2.39. The highest BCUT2D eigenvalue weighted by atomic mass is 35.5. The van der Waals surface area contributed by atoms with Crippen LogP contribution in [0.25, 0.3) is 17.2 Å². The number of aromatic hydroxyl groups is 1.